The van der Waals surface area contributed by atoms with Crippen molar-refractivity contribution in [3.8, 4) is 0 Å². The van der Waals surface area contributed by atoms with Gasteiger partial charge in [0, 0.05) is 24.7 Å². The van der Waals surface area contributed by atoms with Gasteiger partial charge in [0.2, 0.25) is 0 Å². The Hall–Kier alpha value is -3.04. The molecule has 1 aliphatic rings. The Morgan fingerprint density at radius 3 is 2.47 bits per heavy atom. The zero-order chi connectivity index (χ0) is 22.7. The molecule has 1 aromatic heterocycles. The highest BCUT2D eigenvalue weighted by atomic mass is 16.6. The van der Waals surface area contributed by atoms with E-state index in [0.29, 0.717) is 12.1 Å². The van der Waals surface area contributed by atoms with Crippen LogP contribution >= 0.6 is 0 Å². The minimum Gasteiger partial charge on any atom is -0.393 e. The van der Waals surface area contributed by atoms with Crippen LogP contribution in [0.4, 0.5) is 0 Å². The number of hydrogen-bond acceptors (Lipinski definition) is 6. The van der Waals surface area contributed by atoms with Crippen LogP contribution in [0.1, 0.15) is 35.4 Å². The predicted molar refractivity (Wildman–Crippen MR) is 119 cm³/mol. The van der Waals surface area contributed by atoms with Crippen molar-refractivity contribution in [1.29, 1.82) is 0 Å². The SMILES string of the molecule is Cc1cn([C@H]2C[C@H](O)[C@](CO)(C(NCc3ccccc3)c3ccccc3)O2)c(=O)[nH]c1=O. The van der Waals surface area contributed by atoms with Gasteiger partial charge in [0.1, 0.15) is 11.8 Å². The lowest BCUT2D eigenvalue weighted by atomic mass is 9.84. The quantitative estimate of drug-likeness (QED) is 0.444. The van der Waals surface area contributed by atoms with Crippen molar-refractivity contribution in [3.05, 3.63) is 104 Å². The number of nitrogens with one attached hydrogen (secondary N) is 2. The number of aromatic nitrogens is 2. The Bertz CT molecular complexity index is 1160. The van der Waals surface area contributed by atoms with Crippen LogP contribution in [-0.4, -0.2) is 38.1 Å². The number of aliphatic hydroxyl groups excluding tert-OH is 2. The number of nitrogens with zero attached hydrogens (tertiary/aromatic N) is 1. The molecule has 4 rings (SSSR count). The summed E-state index contributed by atoms with van der Waals surface area (Å²) in [6.45, 7) is 1.61. The van der Waals surface area contributed by atoms with Gasteiger partial charge in [0.25, 0.3) is 5.56 Å². The van der Waals surface area contributed by atoms with E-state index >= 15 is 0 Å². The summed E-state index contributed by atoms with van der Waals surface area (Å²) >= 11 is 0. The lowest BCUT2D eigenvalue weighted by Crippen LogP contribution is -2.53. The second-order valence-corrected chi connectivity index (χ2v) is 8.13. The third-order valence-corrected chi connectivity index (χ3v) is 6.02. The first-order valence-electron chi connectivity index (χ1n) is 10.6. The molecule has 3 aromatic rings. The number of aryl methyl sites for hydroxylation is 1. The molecule has 0 radical (unpaired) electrons. The van der Waals surface area contributed by atoms with Crippen molar-refractivity contribution >= 4 is 0 Å². The summed E-state index contributed by atoms with van der Waals surface area (Å²) < 4.78 is 7.52. The van der Waals surface area contributed by atoms with Crippen LogP contribution in [0.5, 0.6) is 0 Å². The summed E-state index contributed by atoms with van der Waals surface area (Å²) in [5, 5.41) is 25.0. The van der Waals surface area contributed by atoms with Crippen molar-refractivity contribution in [2.75, 3.05) is 6.61 Å². The Morgan fingerprint density at radius 2 is 1.81 bits per heavy atom. The van der Waals surface area contributed by atoms with E-state index in [4.69, 9.17) is 4.74 Å². The number of H-pyrrole nitrogens is 1. The van der Waals surface area contributed by atoms with Crippen molar-refractivity contribution in [1.82, 2.24) is 14.9 Å². The third kappa shape index (κ3) is 4.18. The maximum absolute atomic E-state index is 12.4. The van der Waals surface area contributed by atoms with Gasteiger partial charge in [-0.3, -0.25) is 14.3 Å². The van der Waals surface area contributed by atoms with Gasteiger partial charge in [0.05, 0.1) is 18.8 Å². The average molecular weight is 437 g/mol. The van der Waals surface area contributed by atoms with E-state index in [1.54, 1.807) is 6.92 Å². The maximum Gasteiger partial charge on any atom is 0.330 e. The largest absolute Gasteiger partial charge is 0.393 e. The van der Waals surface area contributed by atoms with Crippen molar-refractivity contribution < 1.29 is 14.9 Å². The summed E-state index contributed by atoms with van der Waals surface area (Å²) in [6, 6.07) is 18.7. The smallest absolute Gasteiger partial charge is 0.330 e. The third-order valence-electron chi connectivity index (χ3n) is 6.02. The molecule has 1 unspecified atom stereocenters. The van der Waals surface area contributed by atoms with E-state index < -0.39 is 41.8 Å². The van der Waals surface area contributed by atoms with Crippen molar-refractivity contribution in [2.24, 2.45) is 0 Å². The zero-order valence-corrected chi connectivity index (χ0v) is 17.8. The molecule has 4 N–H and O–H groups in total. The first-order chi connectivity index (χ1) is 15.4. The maximum atomic E-state index is 12.4. The second-order valence-electron chi connectivity index (χ2n) is 8.13. The highest BCUT2D eigenvalue weighted by Gasteiger charge is 2.54. The van der Waals surface area contributed by atoms with Crippen LogP contribution in [0.25, 0.3) is 0 Å². The molecule has 2 heterocycles. The first-order valence-corrected chi connectivity index (χ1v) is 10.6. The number of aromatic amines is 1. The summed E-state index contributed by atoms with van der Waals surface area (Å²) in [5.74, 6) is 0. The molecule has 0 aliphatic carbocycles. The summed E-state index contributed by atoms with van der Waals surface area (Å²) in [4.78, 5) is 26.4. The van der Waals surface area contributed by atoms with Gasteiger partial charge >= 0.3 is 5.69 Å². The fourth-order valence-corrected chi connectivity index (χ4v) is 4.27. The topological polar surface area (TPSA) is 117 Å². The van der Waals surface area contributed by atoms with Crippen LogP contribution in [0.15, 0.2) is 76.4 Å². The molecule has 168 valence electrons. The monoisotopic (exact) mass is 437 g/mol. The van der Waals surface area contributed by atoms with Gasteiger partial charge < -0.3 is 20.3 Å². The molecule has 2 aromatic carbocycles. The van der Waals surface area contributed by atoms with E-state index in [-0.39, 0.29) is 6.42 Å². The summed E-state index contributed by atoms with van der Waals surface area (Å²) in [7, 11) is 0. The van der Waals surface area contributed by atoms with Gasteiger partial charge in [-0.05, 0) is 18.1 Å². The summed E-state index contributed by atoms with van der Waals surface area (Å²) in [6.07, 6.45) is -0.404. The summed E-state index contributed by atoms with van der Waals surface area (Å²) in [5.41, 5.74) is -0.263. The molecule has 0 saturated carbocycles. The Kier molecular flexibility index (Phi) is 6.38. The van der Waals surface area contributed by atoms with E-state index in [0.717, 1.165) is 11.1 Å². The van der Waals surface area contributed by atoms with Crippen LogP contribution < -0.4 is 16.6 Å². The van der Waals surface area contributed by atoms with E-state index in [1.165, 1.54) is 10.8 Å². The molecule has 1 aliphatic heterocycles. The normalized spacial score (nSPS) is 23.8. The Labute approximate surface area is 185 Å². The number of benzene rings is 2. The highest BCUT2D eigenvalue weighted by molar-refractivity contribution is 5.25. The van der Waals surface area contributed by atoms with Gasteiger partial charge in [-0.15, -0.1) is 0 Å². The minimum absolute atomic E-state index is 0.0856. The Morgan fingerprint density at radius 1 is 1.16 bits per heavy atom. The number of hydrogen-bond donors (Lipinski definition) is 4. The molecule has 0 bridgehead atoms. The van der Waals surface area contributed by atoms with Crippen LogP contribution in [0, 0.1) is 6.92 Å². The van der Waals surface area contributed by atoms with Gasteiger partial charge in [-0.25, -0.2) is 4.79 Å². The zero-order valence-electron chi connectivity index (χ0n) is 17.8. The molecule has 32 heavy (non-hydrogen) atoms. The number of aliphatic hydroxyl groups is 2. The lowest BCUT2D eigenvalue weighted by Gasteiger charge is -2.39. The van der Waals surface area contributed by atoms with Crippen LogP contribution in [0.2, 0.25) is 0 Å². The van der Waals surface area contributed by atoms with E-state index in [2.05, 4.69) is 10.3 Å². The van der Waals surface area contributed by atoms with Crippen molar-refractivity contribution in [2.45, 2.75) is 43.9 Å². The Balaban J connectivity index is 1.70. The van der Waals surface area contributed by atoms with Crippen molar-refractivity contribution in [3.63, 3.8) is 0 Å². The number of rotatable bonds is 7. The van der Waals surface area contributed by atoms with E-state index in [9.17, 15) is 19.8 Å². The highest BCUT2D eigenvalue weighted by Crippen LogP contribution is 2.44. The van der Waals surface area contributed by atoms with Crippen LogP contribution in [0.3, 0.4) is 0 Å². The molecule has 0 amide bonds. The molecule has 8 nitrogen and oxygen atoms in total. The molecule has 8 heteroatoms. The molecular weight excluding hydrogens is 410 g/mol. The fourth-order valence-electron chi connectivity index (χ4n) is 4.27. The molecule has 1 saturated heterocycles. The fraction of sp³-hybridized carbons (Fsp3) is 0.333. The molecular formula is C24H27N3O5. The first kappa shape index (κ1) is 22.2. The standard InChI is InChI=1S/C24H27N3O5/c1-16-14-27(23(31)26-22(16)30)20-12-19(29)24(15-28,32-20)21(18-10-6-3-7-11-18)25-13-17-8-4-2-5-9-17/h2-11,14,19-21,25,28-29H,12-13,15H2,1H3,(H,26,30,31)/t19-,20+,21?,24+/m0/s1. The van der Waals surface area contributed by atoms with E-state index in [1.807, 2.05) is 60.7 Å². The minimum atomic E-state index is -1.40. The lowest BCUT2D eigenvalue weighted by molar-refractivity contribution is -0.149. The average Bonchev–Trinajstić information content (AvgIpc) is 3.14. The van der Waals surface area contributed by atoms with Gasteiger partial charge in [-0.2, -0.15) is 0 Å². The second kappa shape index (κ2) is 9.22. The van der Waals surface area contributed by atoms with Gasteiger partial charge in [0.15, 0.2) is 0 Å². The predicted octanol–water partition coefficient (Wildman–Crippen LogP) is 1.39. The molecule has 0 spiro atoms. The van der Waals surface area contributed by atoms with Crippen LogP contribution in [-0.2, 0) is 11.3 Å². The molecule has 4 atom stereocenters. The molecule has 1 fully saturated rings. The van der Waals surface area contributed by atoms with Gasteiger partial charge in [-0.1, -0.05) is 60.7 Å². The number of ether oxygens (including phenoxy) is 1.